The first-order valence-electron chi connectivity index (χ1n) is 6.38. The van der Waals surface area contributed by atoms with Crippen LogP contribution < -0.4 is 10.1 Å². The first-order valence-corrected chi connectivity index (χ1v) is 6.38. The number of rotatable bonds is 2. The molecule has 1 unspecified atom stereocenters. The zero-order valence-corrected chi connectivity index (χ0v) is 9.61. The molecule has 0 saturated heterocycles. The van der Waals surface area contributed by atoms with Gasteiger partial charge in [0.2, 0.25) is 0 Å². The van der Waals surface area contributed by atoms with Crippen molar-refractivity contribution in [3.63, 3.8) is 0 Å². The van der Waals surface area contributed by atoms with E-state index in [4.69, 9.17) is 4.74 Å². The Morgan fingerprint density at radius 3 is 2.75 bits per heavy atom. The maximum Gasteiger partial charge on any atom is 0.122 e. The smallest absolute Gasteiger partial charge is 0.122 e. The van der Waals surface area contributed by atoms with E-state index in [0.29, 0.717) is 6.04 Å². The molecule has 1 aliphatic heterocycles. The van der Waals surface area contributed by atoms with Crippen molar-refractivity contribution in [3.8, 4) is 5.75 Å². The minimum atomic E-state index is 0.512. The lowest BCUT2D eigenvalue weighted by Crippen LogP contribution is -2.43. The van der Waals surface area contributed by atoms with Gasteiger partial charge >= 0.3 is 0 Å². The molecule has 1 saturated carbocycles. The monoisotopic (exact) mass is 217 g/mol. The lowest BCUT2D eigenvalue weighted by Gasteiger charge is -2.28. The van der Waals surface area contributed by atoms with Crippen LogP contribution in [0.4, 0.5) is 0 Å². The van der Waals surface area contributed by atoms with Crippen LogP contribution in [0.25, 0.3) is 0 Å². The molecule has 86 valence electrons. The van der Waals surface area contributed by atoms with Crippen molar-refractivity contribution >= 4 is 0 Å². The van der Waals surface area contributed by atoms with E-state index in [2.05, 4.69) is 23.5 Å². The maximum absolute atomic E-state index is 5.78. The standard InChI is InChI=1S/C14H19NO/c1-4-8-14-11(5-1)9-13(10-16-14)15-12-6-2-3-7-12/h1,4-5,8,12-13,15H,2-3,6-7,9-10H2. The summed E-state index contributed by atoms with van der Waals surface area (Å²) in [6.07, 6.45) is 6.59. The topological polar surface area (TPSA) is 21.3 Å². The summed E-state index contributed by atoms with van der Waals surface area (Å²) in [5.41, 5.74) is 1.35. The van der Waals surface area contributed by atoms with Crippen LogP contribution >= 0.6 is 0 Å². The summed E-state index contributed by atoms with van der Waals surface area (Å²) in [6.45, 7) is 0.827. The molecule has 0 spiro atoms. The Morgan fingerprint density at radius 2 is 1.88 bits per heavy atom. The lowest BCUT2D eigenvalue weighted by atomic mass is 10.0. The molecule has 1 fully saturated rings. The summed E-state index contributed by atoms with van der Waals surface area (Å²) in [5, 5.41) is 3.73. The van der Waals surface area contributed by atoms with Crippen molar-refractivity contribution < 1.29 is 4.74 Å². The molecule has 16 heavy (non-hydrogen) atoms. The van der Waals surface area contributed by atoms with Crippen LogP contribution in [0.5, 0.6) is 5.75 Å². The molecule has 0 amide bonds. The van der Waals surface area contributed by atoms with Gasteiger partial charge in [0.25, 0.3) is 0 Å². The van der Waals surface area contributed by atoms with E-state index in [9.17, 15) is 0 Å². The summed E-state index contributed by atoms with van der Waals surface area (Å²) in [7, 11) is 0. The van der Waals surface area contributed by atoms with Crippen LogP contribution in [-0.4, -0.2) is 18.7 Å². The van der Waals surface area contributed by atoms with Crippen LogP contribution in [0.15, 0.2) is 24.3 Å². The Balaban J connectivity index is 1.63. The van der Waals surface area contributed by atoms with Crippen LogP contribution in [0.3, 0.4) is 0 Å². The first kappa shape index (κ1) is 10.2. The minimum absolute atomic E-state index is 0.512. The predicted molar refractivity (Wildman–Crippen MR) is 64.8 cm³/mol. The van der Waals surface area contributed by atoms with Gasteiger partial charge in [0.05, 0.1) is 0 Å². The maximum atomic E-state index is 5.78. The van der Waals surface area contributed by atoms with E-state index >= 15 is 0 Å². The third-order valence-corrected chi connectivity index (χ3v) is 3.71. The number of hydrogen-bond donors (Lipinski definition) is 1. The highest BCUT2D eigenvalue weighted by atomic mass is 16.5. The van der Waals surface area contributed by atoms with E-state index in [1.54, 1.807) is 0 Å². The van der Waals surface area contributed by atoms with Crippen molar-refractivity contribution in [3.05, 3.63) is 29.8 Å². The van der Waals surface area contributed by atoms with Gasteiger partial charge in [-0.2, -0.15) is 0 Å². The minimum Gasteiger partial charge on any atom is -0.492 e. The number of para-hydroxylation sites is 1. The summed E-state index contributed by atoms with van der Waals surface area (Å²) in [4.78, 5) is 0. The Labute approximate surface area is 97.0 Å². The Bertz CT molecular complexity index is 358. The van der Waals surface area contributed by atoms with Crippen LogP contribution in [0, 0.1) is 0 Å². The highest BCUT2D eigenvalue weighted by molar-refractivity contribution is 5.35. The Morgan fingerprint density at radius 1 is 1.06 bits per heavy atom. The van der Waals surface area contributed by atoms with E-state index < -0.39 is 0 Å². The predicted octanol–water partition coefficient (Wildman–Crippen LogP) is 2.52. The number of fused-ring (bicyclic) bond motifs is 1. The second kappa shape index (κ2) is 4.46. The number of hydrogen-bond acceptors (Lipinski definition) is 2. The summed E-state index contributed by atoms with van der Waals surface area (Å²) < 4.78 is 5.78. The quantitative estimate of drug-likeness (QED) is 0.822. The molecule has 1 aliphatic carbocycles. The second-order valence-corrected chi connectivity index (χ2v) is 4.97. The van der Waals surface area contributed by atoms with Gasteiger partial charge in [-0.3, -0.25) is 0 Å². The fraction of sp³-hybridized carbons (Fsp3) is 0.571. The van der Waals surface area contributed by atoms with Crippen molar-refractivity contribution in [2.45, 2.75) is 44.2 Å². The summed E-state index contributed by atoms with van der Waals surface area (Å²) in [6, 6.07) is 9.64. The van der Waals surface area contributed by atoms with Gasteiger partial charge in [0.1, 0.15) is 12.4 Å². The van der Waals surface area contributed by atoms with E-state index in [-0.39, 0.29) is 0 Å². The highest BCUT2D eigenvalue weighted by Gasteiger charge is 2.23. The van der Waals surface area contributed by atoms with Crippen molar-refractivity contribution in [1.29, 1.82) is 0 Å². The number of benzene rings is 1. The van der Waals surface area contributed by atoms with E-state index in [1.807, 2.05) is 6.07 Å². The third-order valence-electron chi connectivity index (χ3n) is 3.71. The largest absolute Gasteiger partial charge is 0.492 e. The van der Waals surface area contributed by atoms with Crippen molar-refractivity contribution in [2.75, 3.05) is 6.61 Å². The Hall–Kier alpha value is -1.02. The second-order valence-electron chi connectivity index (χ2n) is 4.97. The average Bonchev–Trinajstić information content (AvgIpc) is 2.82. The van der Waals surface area contributed by atoms with Gasteiger partial charge in [0, 0.05) is 12.1 Å². The highest BCUT2D eigenvalue weighted by Crippen LogP contribution is 2.25. The lowest BCUT2D eigenvalue weighted by molar-refractivity contribution is 0.227. The first-order chi connectivity index (χ1) is 7.92. The van der Waals surface area contributed by atoms with E-state index in [0.717, 1.165) is 24.8 Å². The normalized spacial score (nSPS) is 25.1. The molecule has 0 bridgehead atoms. The van der Waals surface area contributed by atoms with Gasteiger partial charge in [-0.25, -0.2) is 0 Å². The summed E-state index contributed by atoms with van der Waals surface area (Å²) in [5.74, 6) is 1.08. The zero-order chi connectivity index (χ0) is 10.8. The fourth-order valence-corrected chi connectivity index (χ4v) is 2.86. The van der Waals surface area contributed by atoms with Crippen LogP contribution in [-0.2, 0) is 6.42 Å². The van der Waals surface area contributed by atoms with Gasteiger partial charge in [-0.05, 0) is 30.9 Å². The molecular weight excluding hydrogens is 198 g/mol. The fourth-order valence-electron chi connectivity index (χ4n) is 2.86. The SMILES string of the molecule is c1ccc2c(c1)CC(NC1CCCC1)CO2. The molecule has 1 atom stereocenters. The van der Waals surface area contributed by atoms with Gasteiger partial charge in [0.15, 0.2) is 0 Å². The Kier molecular flexibility index (Phi) is 2.83. The average molecular weight is 217 g/mol. The van der Waals surface area contributed by atoms with Gasteiger partial charge in [-0.1, -0.05) is 31.0 Å². The molecule has 3 rings (SSSR count). The van der Waals surface area contributed by atoms with Crippen LogP contribution in [0.2, 0.25) is 0 Å². The van der Waals surface area contributed by atoms with E-state index in [1.165, 1.54) is 31.2 Å². The molecule has 1 aromatic rings. The number of ether oxygens (including phenoxy) is 1. The van der Waals surface area contributed by atoms with Crippen molar-refractivity contribution in [1.82, 2.24) is 5.32 Å². The van der Waals surface area contributed by atoms with Crippen LogP contribution in [0.1, 0.15) is 31.2 Å². The van der Waals surface area contributed by atoms with Gasteiger partial charge in [-0.15, -0.1) is 0 Å². The molecule has 2 nitrogen and oxygen atoms in total. The summed E-state index contributed by atoms with van der Waals surface area (Å²) >= 11 is 0. The molecule has 1 aromatic carbocycles. The third kappa shape index (κ3) is 2.07. The molecular formula is C14H19NO. The molecule has 0 radical (unpaired) electrons. The molecule has 1 N–H and O–H groups in total. The molecule has 2 aliphatic rings. The van der Waals surface area contributed by atoms with Gasteiger partial charge < -0.3 is 10.1 Å². The molecule has 1 heterocycles. The molecule has 2 heteroatoms. The van der Waals surface area contributed by atoms with Crippen molar-refractivity contribution in [2.24, 2.45) is 0 Å². The number of nitrogens with one attached hydrogen (secondary N) is 1. The molecule has 0 aromatic heterocycles. The zero-order valence-electron chi connectivity index (χ0n) is 9.61.